The molecule has 1 heterocycles. The molecule has 3 N–H and O–H groups in total. The molecule has 1 saturated carbocycles. The van der Waals surface area contributed by atoms with Gasteiger partial charge in [-0.15, -0.1) is 0 Å². The first-order valence-corrected chi connectivity index (χ1v) is 7.41. The predicted octanol–water partition coefficient (Wildman–Crippen LogP) is 3.02. The highest BCUT2D eigenvalue weighted by atomic mass is 16.5. The molecule has 20 heavy (non-hydrogen) atoms. The molecule has 1 aromatic rings. The Morgan fingerprint density at radius 3 is 2.40 bits per heavy atom. The first-order valence-electron chi connectivity index (χ1n) is 7.41. The summed E-state index contributed by atoms with van der Waals surface area (Å²) in [6.45, 7) is 8.53. The predicted molar refractivity (Wildman–Crippen MR) is 80.6 cm³/mol. The van der Waals surface area contributed by atoms with Crippen LogP contribution in [0.25, 0.3) is 0 Å². The molecule has 112 valence electrons. The molecule has 1 aromatic heterocycles. The van der Waals surface area contributed by atoms with Crippen molar-refractivity contribution >= 4 is 5.82 Å². The Morgan fingerprint density at radius 2 is 1.85 bits per heavy atom. The second-order valence-electron chi connectivity index (χ2n) is 6.81. The van der Waals surface area contributed by atoms with Gasteiger partial charge in [-0.05, 0) is 31.6 Å². The van der Waals surface area contributed by atoms with E-state index in [1.165, 1.54) is 12.8 Å². The third-order valence-corrected chi connectivity index (χ3v) is 3.77. The normalized spacial score (nSPS) is 23.4. The van der Waals surface area contributed by atoms with Gasteiger partial charge < -0.3 is 10.2 Å². The van der Waals surface area contributed by atoms with Crippen molar-refractivity contribution in [3.63, 3.8) is 0 Å². The Morgan fingerprint density at radius 1 is 1.20 bits per heavy atom. The van der Waals surface area contributed by atoms with Crippen molar-refractivity contribution in [1.29, 1.82) is 0 Å². The Bertz CT molecular complexity index is 448. The van der Waals surface area contributed by atoms with E-state index in [1.54, 1.807) is 6.07 Å². The van der Waals surface area contributed by atoms with Crippen LogP contribution in [0.3, 0.4) is 0 Å². The number of hydrogen-bond donors (Lipinski definition) is 2. The summed E-state index contributed by atoms with van der Waals surface area (Å²) in [5, 5.41) is 0. The van der Waals surface area contributed by atoms with Crippen molar-refractivity contribution in [2.75, 3.05) is 5.43 Å². The van der Waals surface area contributed by atoms with E-state index in [9.17, 15) is 0 Å². The van der Waals surface area contributed by atoms with E-state index in [1.807, 2.05) is 0 Å². The highest BCUT2D eigenvalue weighted by Crippen LogP contribution is 2.28. The largest absolute Gasteiger partial charge is 0.474 e. The van der Waals surface area contributed by atoms with Crippen molar-refractivity contribution < 1.29 is 4.74 Å². The summed E-state index contributed by atoms with van der Waals surface area (Å²) in [5.74, 6) is 8.26. The van der Waals surface area contributed by atoms with Gasteiger partial charge in [-0.2, -0.15) is 4.98 Å². The van der Waals surface area contributed by atoms with E-state index < -0.39 is 0 Å². The fourth-order valence-electron chi connectivity index (χ4n) is 2.41. The lowest BCUT2D eigenvalue weighted by Crippen LogP contribution is -2.25. The van der Waals surface area contributed by atoms with Gasteiger partial charge in [0.25, 0.3) is 0 Å². The molecule has 0 aliphatic heterocycles. The maximum atomic E-state index is 6.04. The fourth-order valence-corrected chi connectivity index (χ4v) is 2.41. The van der Waals surface area contributed by atoms with Crippen LogP contribution < -0.4 is 16.0 Å². The molecule has 0 saturated heterocycles. The van der Waals surface area contributed by atoms with E-state index in [0.29, 0.717) is 11.7 Å². The lowest BCUT2D eigenvalue weighted by Gasteiger charge is -2.27. The minimum atomic E-state index is -0.133. The second-order valence-corrected chi connectivity index (χ2v) is 6.81. The van der Waals surface area contributed by atoms with Gasteiger partial charge in [-0.25, -0.2) is 10.8 Å². The monoisotopic (exact) mass is 278 g/mol. The first-order chi connectivity index (χ1) is 9.38. The number of aromatic nitrogens is 2. The summed E-state index contributed by atoms with van der Waals surface area (Å²) in [4.78, 5) is 8.94. The van der Waals surface area contributed by atoms with E-state index in [-0.39, 0.29) is 11.5 Å². The van der Waals surface area contributed by atoms with Crippen molar-refractivity contribution in [3.8, 4) is 5.88 Å². The van der Waals surface area contributed by atoms with E-state index in [2.05, 4.69) is 43.1 Å². The first kappa shape index (κ1) is 15.0. The molecule has 0 aromatic carbocycles. The summed E-state index contributed by atoms with van der Waals surface area (Å²) >= 11 is 0. The van der Waals surface area contributed by atoms with Crippen molar-refractivity contribution in [2.24, 2.45) is 11.8 Å². The smallest absolute Gasteiger partial charge is 0.219 e. The molecule has 5 nitrogen and oxygen atoms in total. The van der Waals surface area contributed by atoms with Gasteiger partial charge in [0, 0.05) is 11.5 Å². The van der Waals surface area contributed by atoms with Crippen LogP contribution in [0, 0.1) is 5.92 Å². The third kappa shape index (κ3) is 3.82. The van der Waals surface area contributed by atoms with Crippen LogP contribution in [-0.2, 0) is 5.41 Å². The molecule has 0 unspecified atom stereocenters. The van der Waals surface area contributed by atoms with Gasteiger partial charge in [0.2, 0.25) is 5.88 Å². The summed E-state index contributed by atoms with van der Waals surface area (Å²) in [7, 11) is 0. The molecule has 0 bridgehead atoms. The maximum Gasteiger partial charge on any atom is 0.219 e. The Hall–Kier alpha value is -1.36. The van der Waals surface area contributed by atoms with Gasteiger partial charge >= 0.3 is 0 Å². The van der Waals surface area contributed by atoms with Crippen LogP contribution >= 0.6 is 0 Å². The zero-order valence-corrected chi connectivity index (χ0v) is 12.9. The van der Waals surface area contributed by atoms with Crippen LogP contribution in [0.4, 0.5) is 5.82 Å². The Kier molecular flexibility index (Phi) is 4.48. The number of hydrazine groups is 1. The highest BCUT2D eigenvalue weighted by molar-refractivity contribution is 5.38. The van der Waals surface area contributed by atoms with Crippen molar-refractivity contribution in [1.82, 2.24) is 9.97 Å². The lowest BCUT2D eigenvalue weighted by molar-refractivity contribution is 0.129. The van der Waals surface area contributed by atoms with Crippen LogP contribution in [0.2, 0.25) is 0 Å². The molecule has 1 aliphatic rings. The average molecular weight is 278 g/mol. The van der Waals surface area contributed by atoms with Gasteiger partial charge in [0.15, 0.2) is 0 Å². The number of nitrogens with zero attached hydrogens (tertiary/aromatic N) is 2. The molecule has 1 fully saturated rings. The molecule has 0 spiro atoms. The van der Waals surface area contributed by atoms with Gasteiger partial charge in [-0.1, -0.05) is 27.7 Å². The second kappa shape index (κ2) is 5.95. The highest BCUT2D eigenvalue weighted by Gasteiger charge is 2.23. The van der Waals surface area contributed by atoms with E-state index in [4.69, 9.17) is 10.6 Å². The molecule has 2 rings (SSSR count). The summed E-state index contributed by atoms with van der Waals surface area (Å²) in [5.41, 5.74) is 2.46. The zero-order chi connectivity index (χ0) is 14.8. The average Bonchev–Trinajstić information content (AvgIpc) is 2.40. The zero-order valence-electron chi connectivity index (χ0n) is 12.9. The van der Waals surface area contributed by atoms with Gasteiger partial charge in [0.1, 0.15) is 17.7 Å². The van der Waals surface area contributed by atoms with E-state index in [0.717, 1.165) is 24.6 Å². The number of rotatable bonds is 3. The molecule has 0 atom stereocenters. The summed E-state index contributed by atoms with van der Waals surface area (Å²) in [6, 6.07) is 1.77. The quantitative estimate of drug-likeness (QED) is 0.657. The molecule has 0 amide bonds. The topological polar surface area (TPSA) is 73.1 Å². The Balaban J connectivity index is 2.14. The number of hydrogen-bond acceptors (Lipinski definition) is 5. The lowest BCUT2D eigenvalue weighted by atomic mass is 9.89. The summed E-state index contributed by atoms with van der Waals surface area (Å²) < 4.78 is 6.04. The molecule has 0 radical (unpaired) electrons. The van der Waals surface area contributed by atoms with Crippen molar-refractivity contribution in [2.45, 2.75) is 64.9 Å². The van der Waals surface area contributed by atoms with E-state index >= 15 is 0 Å². The maximum absolute atomic E-state index is 6.04. The number of nitrogen functional groups attached to an aromatic ring is 1. The molecule has 5 heteroatoms. The molecule has 1 aliphatic carbocycles. The standard InChI is InChI=1S/C15H26N4O/c1-10-5-7-11(8-6-10)20-13-9-12(19-16)17-14(18-13)15(2,3)4/h9-11H,5-8,16H2,1-4H3,(H,17,18,19). The van der Waals surface area contributed by atoms with Crippen LogP contribution in [0.1, 0.15) is 59.2 Å². The van der Waals surface area contributed by atoms with Crippen LogP contribution in [0.5, 0.6) is 5.88 Å². The fraction of sp³-hybridized carbons (Fsp3) is 0.733. The minimum Gasteiger partial charge on any atom is -0.474 e. The molecular weight excluding hydrogens is 252 g/mol. The van der Waals surface area contributed by atoms with Gasteiger partial charge in [0.05, 0.1) is 0 Å². The number of nitrogens with two attached hydrogens (primary N) is 1. The third-order valence-electron chi connectivity index (χ3n) is 3.77. The number of nitrogens with one attached hydrogen (secondary N) is 1. The Labute approximate surface area is 121 Å². The van der Waals surface area contributed by atoms with Crippen LogP contribution in [-0.4, -0.2) is 16.1 Å². The number of anilines is 1. The summed E-state index contributed by atoms with van der Waals surface area (Å²) in [6.07, 6.45) is 4.91. The molecular formula is C15H26N4O. The van der Waals surface area contributed by atoms with Crippen molar-refractivity contribution in [3.05, 3.63) is 11.9 Å². The number of ether oxygens (including phenoxy) is 1. The van der Waals surface area contributed by atoms with Gasteiger partial charge in [-0.3, -0.25) is 0 Å². The van der Waals surface area contributed by atoms with Crippen LogP contribution in [0.15, 0.2) is 6.07 Å². The SMILES string of the molecule is CC1CCC(Oc2cc(NN)nc(C(C)(C)C)n2)CC1. The minimum absolute atomic E-state index is 0.133.